The highest BCUT2D eigenvalue weighted by molar-refractivity contribution is 5.84. The average molecular weight is 334 g/mol. The van der Waals surface area contributed by atoms with Crippen LogP contribution in [0.1, 0.15) is 29.9 Å². The van der Waals surface area contributed by atoms with E-state index in [0.29, 0.717) is 12.0 Å². The van der Waals surface area contributed by atoms with Crippen molar-refractivity contribution in [2.45, 2.75) is 31.2 Å². The average Bonchev–Trinajstić information content (AvgIpc) is 2.68. The molecule has 5 rings (SSSR count). The molecule has 3 heteroatoms. The number of benzene rings is 2. The smallest absolute Gasteiger partial charge is 0.228 e. The lowest BCUT2D eigenvalue weighted by atomic mass is 9.83. The monoisotopic (exact) mass is 334 g/mol. The number of nitrogens with zero attached hydrogens (tertiary/aromatic N) is 1. The van der Waals surface area contributed by atoms with E-state index in [1.165, 1.54) is 31.5 Å². The van der Waals surface area contributed by atoms with Gasteiger partial charge in [0.15, 0.2) is 0 Å². The predicted octanol–water partition coefficient (Wildman–Crippen LogP) is 3.22. The van der Waals surface area contributed by atoms with Crippen molar-refractivity contribution in [3.63, 3.8) is 0 Å². The van der Waals surface area contributed by atoms with Crippen LogP contribution in [0.5, 0.6) is 0 Å². The van der Waals surface area contributed by atoms with Crippen LogP contribution in [0.25, 0.3) is 0 Å². The molecule has 3 nitrogen and oxygen atoms in total. The Bertz CT molecular complexity index is 692. The summed E-state index contributed by atoms with van der Waals surface area (Å²) in [6.07, 6.45) is 3.19. The van der Waals surface area contributed by atoms with E-state index >= 15 is 0 Å². The van der Waals surface area contributed by atoms with Gasteiger partial charge in [-0.3, -0.25) is 4.79 Å². The largest absolute Gasteiger partial charge is 0.351 e. The molecule has 2 atom stereocenters. The normalized spacial score (nSPS) is 26.2. The van der Waals surface area contributed by atoms with Crippen LogP contribution in [-0.2, 0) is 11.2 Å². The van der Waals surface area contributed by atoms with Gasteiger partial charge in [-0.15, -0.1) is 0 Å². The standard InChI is InChI=1S/C22H26N2O/c25-22(23-21-16-24-13-11-19(21)12-14-24)20(18-9-5-2-6-10-18)15-17-7-3-1-4-8-17/h1-10,19-21H,11-16H2,(H,23,25). The Balaban J connectivity index is 1.52. The maximum atomic E-state index is 13.2. The topological polar surface area (TPSA) is 32.3 Å². The number of rotatable bonds is 5. The molecule has 3 aliphatic heterocycles. The van der Waals surface area contributed by atoms with E-state index in [9.17, 15) is 4.79 Å². The van der Waals surface area contributed by atoms with Gasteiger partial charge in [0.1, 0.15) is 0 Å². The minimum absolute atomic E-state index is 0.126. The molecule has 2 aromatic carbocycles. The highest BCUT2D eigenvalue weighted by atomic mass is 16.2. The van der Waals surface area contributed by atoms with E-state index in [2.05, 4.69) is 34.5 Å². The molecule has 3 fully saturated rings. The second-order valence-electron chi connectivity index (χ2n) is 7.41. The lowest BCUT2D eigenvalue weighted by Crippen LogP contribution is -2.57. The molecule has 0 aromatic heterocycles. The van der Waals surface area contributed by atoms with Gasteiger partial charge >= 0.3 is 0 Å². The van der Waals surface area contributed by atoms with Crippen molar-refractivity contribution in [1.82, 2.24) is 10.2 Å². The minimum Gasteiger partial charge on any atom is -0.351 e. The fourth-order valence-corrected chi connectivity index (χ4v) is 4.31. The van der Waals surface area contributed by atoms with Gasteiger partial charge in [-0.25, -0.2) is 0 Å². The molecule has 130 valence electrons. The third-order valence-electron chi connectivity index (χ3n) is 5.78. The van der Waals surface area contributed by atoms with Gasteiger partial charge < -0.3 is 10.2 Å². The number of fused-ring (bicyclic) bond motifs is 3. The van der Waals surface area contributed by atoms with Crippen molar-refractivity contribution in [3.8, 4) is 0 Å². The second-order valence-corrected chi connectivity index (χ2v) is 7.41. The number of carbonyl (C=O) groups is 1. The van der Waals surface area contributed by atoms with E-state index in [0.717, 1.165) is 18.5 Å². The Labute approximate surface area is 150 Å². The van der Waals surface area contributed by atoms with Gasteiger partial charge in [0, 0.05) is 12.6 Å². The van der Waals surface area contributed by atoms with Gasteiger partial charge in [0.05, 0.1) is 5.92 Å². The summed E-state index contributed by atoms with van der Waals surface area (Å²) in [5.41, 5.74) is 2.31. The fourth-order valence-electron chi connectivity index (χ4n) is 4.31. The number of hydrogen-bond acceptors (Lipinski definition) is 2. The molecule has 0 spiro atoms. The molecule has 3 aliphatic rings. The van der Waals surface area contributed by atoms with Crippen LogP contribution in [0.15, 0.2) is 60.7 Å². The third kappa shape index (κ3) is 3.77. The summed E-state index contributed by atoms with van der Waals surface area (Å²) >= 11 is 0. The van der Waals surface area contributed by atoms with Gasteiger partial charge in [0.25, 0.3) is 0 Å². The first-order valence-corrected chi connectivity index (χ1v) is 9.41. The SMILES string of the molecule is O=C(NC1CN2CCC1CC2)C(Cc1ccccc1)c1ccccc1. The predicted molar refractivity (Wildman–Crippen MR) is 100 cm³/mol. The van der Waals surface area contributed by atoms with Crippen LogP contribution in [0.2, 0.25) is 0 Å². The zero-order chi connectivity index (χ0) is 17.1. The summed E-state index contributed by atoms with van der Waals surface area (Å²) in [6.45, 7) is 3.41. The summed E-state index contributed by atoms with van der Waals surface area (Å²) < 4.78 is 0. The van der Waals surface area contributed by atoms with Crippen LogP contribution >= 0.6 is 0 Å². The number of piperidine rings is 3. The lowest BCUT2D eigenvalue weighted by Gasteiger charge is -2.45. The summed E-state index contributed by atoms with van der Waals surface area (Å²) in [6, 6.07) is 20.8. The number of amides is 1. The molecule has 3 heterocycles. The van der Waals surface area contributed by atoms with Gasteiger partial charge in [-0.1, -0.05) is 60.7 Å². The minimum atomic E-state index is -0.126. The molecule has 1 N–H and O–H groups in total. The summed E-state index contributed by atoms with van der Waals surface area (Å²) in [4.78, 5) is 15.6. The Morgan fingerprint density at radius 2 is 1.64 bits per heavy atom. The summed E-state index contributed by atoms with van der Waals surface area (Å²) in [5.74, 6) is 0.704. The number of hydrogen-bond donors (Lipinski definition) is 1. The zero-order valence-electron chi connectivity index (χ0n) is 14.6. The van der Waals surface area contributed by atoms with Gasteiger partial charge in [-0.2, -0.15) is 0 Å². The fraction of sp³-hybridized carbons (Fsp3) is 0.409. The summed E-state index contributed by atoms with van der Waals surface area (Å²) in [7, 11) is 0. The lowest BCUT2D eigenvalue weighted by molar-refractivity contribution is -0.124. The van der Waals surface area contributed by atoms with E-state index in [4.69, 9.17) is 0 Å². The van der Waals surface area contributed by atoms with Crippen LogP contribution in [0, 0.1) is 5.92 Å². The first-order chi connectivity index (χ1) is 12.3. The highest BCUT2D eigenvalue weighted by Crippen LogP contribution is 2.29. The molecule has 1 amide bonds. The van der Waals surface area contributed by atoms with Crippen LogP contribution in [0.4, 0.5) is 0 Å². The molecule has 3 saturated heterocycles. The van der Waals surface area contributed by atoms with Crippen molar-refractivity contribution >= 4 is 5.91 Å². The third-order valence-corrected chi connectivity index (χ3v) is 5.78. The van der Waals surface area contributed by atoms with Crippen LogP contribution in [0.3, 0.4) is 0 Å². The van der Waals surface area contributed by atoms with Crippen molar-refractivity contribution in [2.75, 3.05) is 19.6 Å². The highest BCUT2D eigenvalue weighted by Gasteiger charge is 2.36. The first kappa shape index (κ1) is 16.3. The number of nitrogens with one attached hydrogen (secondary N) is 1. The second kappa shape index (κ2) is 7.40. The Morgan fingerprint density at radius 1 is 1.00 bits per heavy atom. The van der Waals surface area contributed by atoms with Crippen molar-refractivity contribution in [1.29, 1.82) is 0 Å². The molecule has 2 bridgehead atoms. The van der Waals surface area contributed by atoms with Crippen molar-refractivity contribution < 1.29 is 4.79 Å². The zero-order valence-corrected chi connectivity index (χ0v) is 14.6. The molecule has 2 unspecified atom stereocenters. The maximum absolute atomic E-state index is 13.2. The Kier molecular flexibility index (Phi) is 4.84. The number of carbonyl (C=O) groups excluding carboxylic acids is 1. The van der Waals surface area contributed by atoms with Crippen molar-refractivity contribution in [2.24, 2.45) is 5.92 Å². The van der Waals surface area contributed by atoms with Gasteiger partial charge in [0.2, 0.25) is 5.91 Å². The van der Waals surface area contributed by atoms with Crippen molar-refractivity contribution in [3.05, 3.63) is 71.8 Å². The van der Waals surface area contributed by atoms with E-state index < -0.39 is 0 Å². The van der Waals surface area contributed by atoms with Crippen LogP contribution < -0.4 is 5.32 Å². The Hall–Kier alpha value is -2.13. The van der Waals surface area contributed by atoms with E-state index in [-0.39, 0.29) is 11.8 Å². The van der Waals surface area contributed by atoms with E-state index in [1.54, 1.807) is 0 Å². The summed E-state index contributed by atoms with van der Waals surface area (Å²) in [5, 5.41) is 3.39. The molecule has 25 heavy (non-hydrogen) atoms. The first-order valence-electron chi connectivity index (χ1n) is 9.41. The maximum Gasteiger partial charge on any atom is 0.228 e. The van der Waals surface area contributed by atoms with Gasteiger partial charge in [-0.05, 0) is 49.4 Å². The van der Waals surface area contributed by atoms with Crippen LogP contribution in [-0.4, -0.2) is 36.5 Å². The van der Waals surface area contributed by atoms with E-state index in [1.807, 2.05) is 36.4 Å². The Morgan fingerprint density at radius 3 is 2.24 bits per heavy atom. The molecular formula is C22H26N2O. The quantitative estimate of drug-likeness (QED) is 0.910. The molecular weight excluding hydrogens is 308 g/mol. The molecule has 0 saturated carbocycles. The molecule has 2 aromatic rings. The molecule has 0 radical (unpaired) electrons. The molecule has 0 aliphatic carbocycles.